The third-order valence-electron chi connectivity index (χ3n) is 5.63. The Labute approximate surface area is 188 Å². The lowest BCUT2D eigenvalue weighted by Crippen LogP contribution is -2.53. The van der Waals surface area contributed by atoms with E-state index in [1.807, 2.05) is 24.0 Å². The van der Waals surface area contributed by atoms with Crippen LogP contribution < -0.4 is 5.32 Å². The van der Waals surface area contributed by atoms with Gasteiger partial charge in [0.1, 0.15) is 0 Å². The van der Waals surface area contributed by atoms with E-state index in [9.17, 15) is 4.79 Å². The molecule has 1 N–H and O–H groups in total. The van der Waals surface area contributed by atoms with E-state index in [4.69, 9.17) is 23.2 Å². The number of hydrogen-bond acceptors (Lipinski definition) is 4. The monoisotopic (exact) mass is 449 g/mol. The van der Waals surface area contributed by atoms with Gasteiger partial charge in [0.2, 0.25) is 0 Å². The van der Waals surface area contributed by atoms with Gasteiger partial charge in [-0.1, -0.05) is 35.3 Å². The van der Waals surface area contributed by atoms with Crippen LogP contribution in [0.25, 0.3) is 11.3 Å². The van der Waals surface area contributed by atoms with Gasteiger partial charge in [0.15, 0.2) is 0 Å². The van der Waals surface area contributed by atoms with E-state index in [0.29, 0.717) is 21.3 Å². The first-order valence-electron chi connectivity index (χ1n) is 10.3. The Balaban J connectivity index is 1.76. The average molecular weight is 450 g/mol. The van der Waals surface area contributed by atoms with Crippen molar-refractivity contribution in [3.05, 3.63) is 46.3 Å². The van der Waals surface area contributed by atoms with E-state index >= 15 is 0 Å². The first-order valence-corrected chi connectivity index (χ1v) is 11.1. The van der Waals surface area contributed by atoms with Crippen LogP contribution in [-0.2, 0) is 0 Å². The van der Waals surface area contributed by atoms with Crippen molar-refractivity contribution in [1.82, 2.24) is 25.1 Å². The number of amides is 2. The zero-order valence-corrected chi connectivity index (χ0v) is 19.4. The summed E-state index contributed by atoms with van der Waals surface area (Å²) >= 11 is 13.1. The van der Waals surface area contributed by atoms with Crippen LogP contribution in [0.2, 0.25) is 10.0 Å². The van der Waals surface area contributed by atoms with E-state index in [0.717, 1.165) is 31.5 Å². The van der Waals surface area contributed by atoms with Crippen LogP contribution in [0.15, 0.2) is 30.7 Å². The van der Waals surface area contributed by atoms with Gasteiger partial charge >= 0.3 is 6.03 Å². The van der Waals surface area contributed by atoms with Crippen LogP contribution >= 0.6 is 23.2 Å². The molecule has 1 fully saturated rings. The summed E-state index contributed by atoms with van der Waals surface area (Å²) in [7, 11) is 2.12. The molecule has 2 heterocycles. The summed E-state index contributed by atoms with van der Waals surface area (Å²) in [4.78, 5) is 25.8. The minimum atomic E-state index is -0.286. The van der Waals surface area contributed by atoms with E-state index < -0.39 is 0 Å². The molecule has 1 aromatic carbocycles. The number of carbonyl (C=O) groups excluding carboxylic acids is 1. The van der Waals surface area contributed by atoms with Gasteiger partial charge in [-0.2, -0.15) is 0 Å². The molecule has 0 saturated carbocycles. The molecule has 30 heavy (non-hydrogen) atoms. The Hall–Kier alpha value is -1.89. The highest BCUT2D eigenvalue weighted by Crippen LogP contribution is 2.37. The highest BCUT2D eigenvalue weighted by atomic mass is 35.5. The van der Waals surface area contributed by atoms with Gasteiger partial charge in [-0.3, -0.25) is 9.97 Å². The Morgan fingerprint density at radius 1 is 1.17 bits per heavy atom. The molecule has 0 radical (unpaired) electrons. The van der Waals surface area contributed by atoms with E-state index in [2.05, 4.69) is 41.1 Å². The molecule has 1 aromatic heterocycles. The van der Waals surface area contributed by atoms with E-state index in [1.54, 1.807) is 18.6 Å². The Bertz CT molecular complexity index is 869. The maximum atomic E-state index is 13.1. The highest BCUT2D eigenvalue weighted by molar-refractivity contribution is 6.44. The highest BCUT2D eigenvalue weighted by Gasteiger charge is 2.30. The van der Waals surface area contributed by atoms with Crippen LogP contribution in [0, 0.1) is 0 Å². The van der Waals surface area contributed by atoms with Crippen molar-refractivity contribution in [3.8, 4) is 11.3 Å². The van der Waals surface area contributed by atoms with Crippen LogP contribution in [0.3, 0.4) is 0 Å². The average Bonchev–Trinajstić information content (AvgIpc) is 2.72. The molecule has 2 amide bonds. The minimum absolute atomic E-state index is 0.0720. The van der Waals surface area contributed by atoms with Crippen molar-refractivity contribution in [1.29, 1.82) is 0 Å². The smallest absolute Gasteiger partial charge is 0.318 e. The summed E-state index contributed by atoms with van der Waals surface area (Å²) < 4.78 is 0. The number of hydrogen-bond donors (Lipinski definition) is 1. The van der Waals surface area contributed by atoms with Crippen molar-refractivity contribution >= 4 is 29.2 Å². The van der Waals surface area contributed by atoms with Gasteiger partial charge in [-0.15, -0.1) is 0 Å². The van der Waals surface area contributed by atoms with Gasteiger partial charge in [0.05, 0.1) is 28.0 Å². The number of urea groups is 1. The molecule has 6 nitrogen and oxygen atoms in total. The van der Waals surface area contributed by atoms with E-state index in [-0.39, 0.29) is 24.2 Å². The van der Waals surface area contributed by atoms with E-state index in [1.165, 1.54) is 0 Å². The number of piperidine rings is 1. The van der Waals surface area contributed by atoms with Gasteiger partial charge in [-0.25, -0.2) is 4.79 Å². The quantitative estimate of drug-likeness (QED) is 0.695. The molecule has 1 aliphatic rings. The van der Waals surface area contributed by atoms with Gasteiger partial charge in [-0.05, 0) is 59.3 Å². The molecular formula is C22H29Cl2N5O. The molecule has 1 atom stereocenters. The normalized spacial score (nSPS) is 16.5. The summed E-state index contributed by atoms with van der Waals surface area (Å²) in [6.45, 7) is 8.04. The summed E-state index contributed by atoms with van der Waals surface area (Å²) in [5, 5.41) is 3.94. The van der Waals surface area contributed by atoms with Crippen LogP contribution in [-0.4, -0.2) is 58.0 Å². The van der Waals surface area contributed by atoms with Crippen LogP contribution in [0.5, 0.6) is 0 Å². The first kappa shape index (κ1) is 22.8. The summed E-state index contributed by atoms with van der Waals surface area (Å²) in [6, 6.07) is 3.75. The predicted octanol–water partition coefficient (Wildman–Crippen LogP) is 5.03. The molecule has 162 valence electrons. The zero-order valence-electron chi connectivity index (χ0n) is 17.9. The second kappa shape index (κ2) is 9.94. The van der Waals surface area contributed by atoms with Crippen molar-refractivity contribution in [3.63, 3.8) is 0 Å². The molecule has 2 aromatic rings. The number of aromatic nitrogens is 2. The third kappa shape index (κ3) is 5.05. The predicted molar refractivity (Wildman–Crippen MR) is 122 cm³/mol. The molecular weight excluding hydrogens is 421 g/mol. The number of carbonyl (C=O) groups is 1. The first-order chi connectivity index (χ1) is 14.3. The van der Waals surface area contributed by atoms with Crippen LogP contribution in [0.1, 0.15) is 45.2 Å². The summed E-state index contributed by atoms with van der Waals surface area (Å²) in [5.41, 5.74) is 2.14. The van der Waals surface area contributed by atoms with Gasteiger partial charge in [0.25, 0.3) is 0 Å². The number of benzene rings is 1. The lowest BCUT2D eigenvalue weighted by molar-refractivity contribution is 0.111. The number of likely N-dealkylation sites (tertiary alicyclic amines) is 1. The molecule has 0 bridgehead atoms. The molecule has 1 unspecified atom stereocenters. The molecule has 3 rings (SSSR count). The zero-order chi connectivity index (χ0) is 21.8. The molecule has 1 aliphatic heterocycles. The second-order valence-electron chi connectivity index (χ2n) is 8.13. The second-order valence-corrected chi connectivity index (χ2v) is 8.88. The third-order valence-corrected chi connectivity index (χ3v) is 6.53. The lowest BCUT2D eigenvalue weighted by atomic mass is 10.0. The fourth-order valence-corrected chi connectivity index (χ4v) is 4.56. The van der Waals surface area contributed by atoms with Crippen LogP contribution in [0.4, 0.5) is 4.79 Å². The van der Waals surface area contributed by atoms with Crippen molar-refractivity contribution in [2.24, 2.45) is 0 Å². The molecule has 0 spiro atoms. The number of halogens is 2. The lowest BCUT2D eigenvalue weighted by Gasteiger charge is -2.40. The maximum Gasteiger partial charge on any atom is 0.318 e. The maximum absolute atomic E-state index is 13.1. The Morgan fingerprint density at radius 2 is 1.87 bits per heavy atom. The number of nitrogens with zero attached hydrogens (tertiary/aromatic N) is 4. The number of nitrogens with one attached hydrogen (secondary N) is 1. The van der Waals surface area contributed by atoms with Gasteiger partial charge < -0.3 is 15.1 Å². The van der Waals surface area contributed by atoms with Crippen molar-refractivity contribution in [2.75, 3.05) is 20.1 Å². The summed E-state index contributed by atoms with van der Waals surface area (Å²) in [5.74, 6) is 0. The molecule has 0 aliphatic carbocycles. The minimum Gasteiger partial charge on any atom is -0.331 e. The van der Waals surface area contributed by atoms with Crippen molar-refractivity contribution < 1.29 is 4.79 Å². The summed E-state index contributed by atoms with van der Waals surface area (Å²) in [6.07, 6.45) is 6.83. The van der Waals surface area contributed by atoms with Gasteiger partial charge in [0, 0.05) is 30.0 Å². The largest absolute Gasteiger partial charge is 0.331 e. The Morgan fingerprint density at radius 3 is 2.47 bits per heavy atom. The van der Waals surface area contributed by atoms with Crippen molar-refractivity contribution in [2.45, 2.75) is 51.7 Å². The fraction of sp³-hybridized carbons (Fsp3) is 0.500. The number of rotatable bonds is 5. The molecule has 8 heteroatoms. The standard InChI is InChI=1S/C22H29Cl2N5O/c1-14(2)29(16-7-11-28(4)12-8-16)22(30)27-15(3)17-5-6-18(21(24)20(17)23)19-13-25-9-10-26-19/h5-6,9-10,13-16H,7-8,11-12H2,1-4H3,(H,27,30). The topological polar surface area (TPSA) is 61.4 Å². The SMILES string of the molecule is CC(NC(=O)N(C(C)C)C1CCN(C)CC1)c1ccc(-c2cnccn2)c(Cl)c1Cl. The Kier molecular flexibility index (Phi) is 7.55. The fourth-order valence-electron chi connectivity index (χ4n) is 3.97. The molecule has 1 saturated heterocycles.